The fourth-order valence-electron chi connectivity index (χ4n) is 2.96. The highest BCUT2D eigenvalue weighted by Gasteiger charge is 2.17. The summed E-state index contributed by atoms with van der Waals surface area (Å²) in [6, 6.07) is 10.1. The quantitative estimate of drug-likeness (QED) is 0.743. The van der Waals surface area contributed by atoms with Gasteiger partial charge in [-0.3, -0.25) is 4.98 Å². The average molecular weight is 306 g/mol. The van der Waals surface area contributed by atoms with E-state index < -0.39 is 0 Å². The molecule has 3 heterocycles. The number of fused-ring (bicyclic) bond motifs is 1. The Labute approximate surface area is 135 Å². The molecular weight excluding hydrogens is 288 g/mol. The predicted molar refractivity (Wildman–Crippen MR) is 87.1 cm³/mol. The van der Waals surface area contributed by atoms with Crippen molar-refractivity contribution in [2.24, 2.45) is 0 Å². The lowest BCUT2D eigenvalue weighted by atomic mass is 10.0. The molecule has 1 aliphatic rings. The van der Waals surface area contributed by atoms with Crippen molar-refractivity contribution in [2.75, 3.05) is 0 Å². The summed E-state index contributed by atoms with van der Waals surface area (Å²) in [5.41, 5.74) is 3.51. The molecule has 0 radical (unpaired) electrons. The molecule has 0 N–H and O–H groups in total. The van der Waals surface area contributed by atoms with Gasteiger partial charge in [0.15, 0.2) is 5.82 Å². The van der Waals surface area contributed by atoms with Crippen molar-refractivity contribution in [2.45, 2.75) is 32.9 Å². The van der Waals surface area contributed by atoms with E-state index in [1.807, 2.05) is 30.6 Å². The first-order valence-electron chi connectivity index (χ1n) is 7.86. The molecule has 23 heavy (non-hydrogen) atoms. The summed E-state index contributed by atoms with van der Waals surface area (Å²) in [4.78, 5) is 4.20. The SMILES string of the molecule is Cc1ccncc1-c1ccc(OCc2nnc3n2CCC3)cc1. The first kappa shape index (κ1) is 13.9. The van der Waals surface area contributed by atoms with Gasteiger partial charge in [-0.05, 0) is 42.7 Å². The van der Waals surface area contributed by atoms with E-state index in [4.69, 9.17) is 4.74 Å². The van der Waals surface area contributed by atoms with Gasteiger partial charge in [-0.1, -0.05) is 12.1 Å². The number of benzene rings is 1. The standard InChI is InChI=1S/C18H18N4O/c1-13-8-9-19-11-16(13)14-4-6-15(7-5-14)23-12-18-21-20-17-3-2-10-22(17)18/h4-9,11H,2-3,10,12H2,1H3. The number of aromatic nitrogens is 4. The van der Waals surface area contributed by atoms with Crippen molar-refractivity contribution in [3.8, 4) is 16.9 Å². The maximum Gasteiger partial charge on any atom is 0.171 e. The van der Waals surface area contributed by atoms with Gasteiger partial charge in [0.2, 0.25) is 0 Å². The molecule has 0 amide bonds. The number of hydrogen-bond donors (Lipinski definition) is 0. The number of hydrogen-bond acceptors (Lipinski definition) is 4. The molecule has 1 aliphatic heterocycles. The number of aryl methyl sites for hydroxylation is 2. The fourth-order valence-corrected chi connectivity index (χ4v) is 2.96. The van der Waals surface area contributed by atoms with E-state index in [0.29, 0.717) is 6.61 Å². The minimum absolute atomic E-state index is 0.457. The van der Waals surface area contributed by atoms with Crippen LogP contribution >= 0.6 is 0 Å². The van der Waals surface area contributed by atoms with Gasteiger partial charge in [-0.15, -0.1) is 10.2 Å². The highest BCUT2D eigenvalue weighted by atomic mass is 16.5. The van der Waals surface area contributed by atoms with Crippen molar-refractivity contribution < 1.29 is 4.74 Å². The zero-order chi connectivity index (χ0) is 15.6. The molecule has 0 atom stereocenters. The third-order valence-electron chi connectivity index (χ3n) is 4.26. The molecule has 4 rings (SSSR count). The molecule has 1 aromatic carbocycles. The Morgan fingerprint density at radius 1 is 1.13 bits per heavy atom. The molecule has 3 aromatic rings. The van der Waals surface area contributed by atoms with E-state index in [2.05, 4.69) is 38.8 Å². The first-order chi connectivity index (χ1) is 11.3. The van der Waals surface area contributed by atoms with E-state index >= 15 is 0 Å². The van der Waals surface area contributed by atoms with Crippen LogP contribution in [-0.2, 0) is 19.6 Å². The van der Waals surface area contributed by atoms with Gasteiger partial charge in [0.25, 0.3) is 0 Å². The van der Waals surface area contributed by atoms with Crippen LogP contribution in [-0.4, -0.2) is 19.7 Å². The van der Waals surface area contributed by atoms with Crippen molar-refractivity contribution in [3.63, 3.8) is 0 Å². The van der Waals surface area contributed by atoms with Gasteiger partial charge >= 0.3 is 0 Å². The van der Waals surface area contributed by atoms with Gasteiger partial charge in [-0.2, -0.15) is 0 Å². The molecule has 5 nitrogen and oxygen atoms in total. The minimum Gasteiger partial charge on any atom is -0.486 e. The molecule has 0 spiro atoms. The summed E-state index contributed by atoms with van der Waals surface area (Å²) in [7, 11) is 0. The van der Waals surface area contributed by atoms with E-state index in [1.54, 1.807) is 0 Å². The molecule has 5 heteroatoms. The zero-order valence-corrected chi connectivity index (χ0v) is 13.1. The fraction of sp³-hybridized carbons (Fsp3) is 0.278. The summed E-state index contributed by atoms with van der Waals surface area (Å²) < 4.78 is 8.02. The van der Waals surface area contributed by atoms with Crippen LogP contribution in [0.25, 0.3) is 11.1 Å². The van der Waals surface area contributed by atoms with Gasteiger partial charge in [0, 0.05) is 30.9 Å². The minimum atomic E-state index is 0.457. The van der Waals surface area contributed by atoms with Gasteiger partial charge < -0.3 is 9.30 Å². The Bertz CT molecular complexity index is 823. The van der Waals surface area contributed by atoms with Crippen LogP contribution in [0.5, 0.6) is 5.75 Å². The Morgan fingerprint density at radius 3 is 2.83 bits per heavy atom. The summed E-state index contributed by atoms with van der Waals surface area (Å²) in [6.07, 6.45) is 5.88. The van der Waals surface area contributed by atoms with Crippen LogP contribution < -0.4 is 4.74 Å². The molecule has 2 aromatic heterocycles. The number of nitrogens with zero attached hydrogens (tertiary/aromatic N) is 4. The average Bonchev–Trinajstić information content (AvgIpc) is 3.18. The Kier molecular flexibility index (Phi) is 3.54. The summed E-state index contributed by atoms with van der Waals surface area (Å²) in [5.74, 6) is 2.82. The van der Waals surface area contributed by atoms with Crippen LogP contribution in [0, 0.1) is 6.92 Å². The van der Waals surface area contributed by atoms with Gasteiger partial charge in [0.05, 0.1) is 0 Å². The lowest BCUT2D eigenvalue weighted by Gasteiger charge is -2.09. The topological polar surface area (TPSA) is 52.8 Å². The van der Waals surface area contributed by atoms with Crippen molar-refractivity contribution in [1.82, 2.24) is 19.7 Å². The second-order valence-electron chi connectivity index (χ2n) is 5.79. The highest BCUT2D eigenvalue weighted by Crippen LogP contribution is 2.25. The van der Waals surface area contributed by atoms with Crippen LogP contribution in [0.15, 0.2) is 42.7 Å². The Hall–Kier alpha value is -2.69. The van der Waals surface area contributed by atoms with Crippen LogP contribution in [0.3, 0.4) is 0 Å². The van der Waals surface area contributed by atoms with E-state index in [-0.39, 0.29) is 0 Å². The summed E-state index contributed by atoms with van der Waals surface area (Å²) in [5, 5.41) is 8.41. The lowest BCUT2D eigenvalue weighted by Crippen LogP contribution is -2.05. The second kappa shape index (κ2) is 5.83. The van der Waals surface area contributed by atoms with Crippen LogP contribution in [0.4, 0.5) is 0 Å². The Balaban J connectivity index is 1.47. The summed E-state index contributed by atoms with van der Waals surface area (Å²) >= 11 is 0. The normalized spacial score (nSPS) is 13.1. The van der Waals surface area contributed by atoms with E-state index in [9.17, 15) is 0 Å². The number of rotatable bonds is 4. The molecular formula is C18H18N4O. The third-order valence-corrected chi connectivity index (χ3v) is 4.26. The number of ether oxygens (including phenoxy) is 1. The third kappa shape index (κ3) is 2.70. The second-order valence-corrected chi connectivity index (χ2v) is 5.79. The van der Waals surface area contributed by atoms with Crippen molar-refractivity contribution in [1.29, 1.82) is 0 Å². The van der Waals surface area contributed by atoms with Crippen molar-refractivity contribution in [3.05, 3.63) is 59.9 Å². The molecule has 0 unspecified atom stereocenters. The van der Waals surface area contributed by atoms with Gasteiger partial charge in [-0.25, -0.2) is 0 Å². The highest BCUT2D eigenvalue weighted by molar-refractivity contribution is 5.66. The molecule has 0 aliphatic carbocycles. The smallest absolute Gasteiger partial charge is 0.171 e. The molecule has 0 bridgehead atoms. The van der Waals surface area contributed by atoms with E-state index in [1.165, 1.54) is 5.56 Å². The summed E-state index contributed by atoms with van der Waals surface area (Å²) in [6.45, 7) is 3.55. The predicted octanol–water partition coefficient (Wildman–Crippen LogP) is 3.17. The molecule has 0 saturated carbocycles. The molecule has 0 saturated heterocycles. The van der Waals surface area contributed by atoms with Gasteiger partial charge in [0.1, 0.15) is 18.2 Å². The number of pyridine rings is 1. The van der Waals surface area contributed by atoms with Crippen LogP contribution in [0.1, 0.15) is 23.6 Å². The maximum absolute atomic E-state index is 5.86. The Morgan fingerprint density at radius 2 is 2.00 bits per heavy atom. The maximum atomic E-state index is 5.86. The van der Waals surface area contributed by atoms with E-state index in [0.717, 1.165) is 47.9 Å². The monoisotopic (exact) mass is 306 g/mol. The first-order valence-corrected chi connectivity index (χ1v) is 7.86. The zero-order valence-electron chi connectivity index (χ0n) is 13.1. The molecule has 0 fully saturated rings. The largest absolute Gasteiger partial charge is 0.486 e. The van der Waals surface area contributed by atoms with Crippen molar-refractivity contribution >= 4 is 0 Å². The van der Waals surface area contributed by atoms with Crippen LogP contribution in [0.2, 0.25) is 0 Å². The molecule has 116 valence electrons. The lowest BCUT2D eigenvalue weighted by molar-refractivity contribution is 0.289.